The van der Waals surface area contributed by atoms with Crippen LogP contribution in [0.1, 0.15) is 5.56 Å². The highest BCUT2D eigenvalue weighted by atomic mass is 32.2. The number of nitrogens with two attached hydrogens (primary N) is 1. The van der Waals surface area contributed by atoms with Gasteiger partial charge in [0.2, 0.25) is 0 Å². The van der Waals surface area contributed by atoms with Crippen molar-refractivity contribution < 1.29 is 18.4 Å². The summed E-state index contributed by atoms with van der Waals surface area (Å²) in [6.45, 7) is 0. The minimum Gasteiger partial charge on any atom is -0.409 e. The maximum atomic E-state index is 13.8. The fourth-order valence-corrected chi connectivity index (χ4v) is 2.38. The van der Waals surface area contributed by atoms with Crippen molar-refractivity contribution in [1.82, 2.24) is 0 Å². The first-order chi connectivity index (χ1) is 9.51. The van der Waals surface area contributed by atoms with E-state index in [1.165, 1.54) is 24.3 Å². The molecule has 2 aromatic rings. The van der Waals surface area contributed by atoms with Crippen molar-refractivity contribution in [3.63, 3.8) is 0 Å². The first-order valence-electron chi connectivity index (χ1n) is 5.41. The van der Waals surface area contributed by atoms with Crippen molar-refractivity contribution in [2.75, 3.05) is 0 Å². The molecule has 0 atom stereocenters. The van der Waals surface area contributed by atoms with Gasteiger partial charge in [-0.3, -0.25) is 0 Å². The molecule has 0 aliphatic carbocycles. The molecule has 3 nitrogen and oxygen atoms in total. The van der Waals surface area contributed by atoms with Gasteiger partial charge in [-0.05, 0) is 30.3 Å². The molecule has 0 aliphatic heterocycles. The lowest BCUT2D eigenvalue weighted by Gasteiger charge is -2.07. The molecule has 20 heavy (non-hydrogen) atoms. The standard InChI is InChI=1S/C13H9F3N2OS/c14-8-2-1-3-9(6-8)20-12-10(15)4-7(5-11(12)16)13(17)18-19/h1-6,19H,(H2,17,18). The zero-order valence-electron chi connectivity index (χ0n) is 9.98. The van der Waals surface area contributed by atoms with E-state index >= 15 is 0 Å². The lowest BCUT2D eigenvalue weighted by Crippen LogP contribution is -2.14. The predicted octanol–water partition coefficient (Wildman–Crippen LogP) is 3.35. The molecule has 0 bridgehead atoms. The molecule has 0 heterocycles. The number of amidine groups is 1. The number of nitrogens with zero attached hydrogens (tertiary/aromatic N) is 1. The predicted molar refractivity (Wildman–Crippen MR) is 69.4 cm³/mol. The van der Waals surface area contributed by atoms with Crippen LogP contribution in [0, 0.1) is 17.5 Å². The van der Waals surface area contributed by atoms with E-state index in [1.54, 1.807) is 0 Å². The van der Waals surface area contributed by atoms with Gasteiger partial charge in [-0.1, -0.05) is 23.0 Å². The number of rotatable bonds is 3. The fourth-order valence-electron chi connectivity index (χ4n) is 1.51. The molecule has 0 aliphatic rings. The molecule has 0 spiro atoms. The molecule has 0 unspecified atom stereocenters. The van der Waals surface area contributed by atoms with E-state index in [2.05, 4.69) is 5.16 Å². The van der Waals surface area contributed by atoms with Crippen LogP contribution >= 0.6 is 11.8 Å². The third-order valence-corrected chi connectivity index (χ3v) is 3.50. The average Bonchev–Trinajstić information content (AvgIpc) is 2.42. The highest BCUT2D eigenvalue weighted by molar-refractivity contribution is 7.99. The summed E-state index contributed by atoms with van der Waals surface area (Å²) in [6.07, 6.45) is 0. The Morgan fingerprint density at radius 3 is 2.30 bits per heavy atom. The zero-order chi connectivity index (χ0) is 14.7. The van der Waals surface area contributed by atoms with Gasteiger partial charge in [-0.15, -0.1) is 0 Å². The summed E-state index contributed by atoms with van der Waals surface area (Å²) < 4.78 is 40.7. The maximum Gasteiger partial charge on any atom is 0.170 e. The number of halogens is 3. The van der Waals surface area contributed by atoms with Gasteiger partial charge in [0.1, 0.15) is 17.5 Å². The van der Waals surface area contributed by atoms with E-state index < -0.39 is 23.3 Å². The van der Waals surface area contributed by atoms with Crippen LogP contribution < -0.4 is 5.73 Å². The monoisotopic (exact) mass is 298 g/mol. The van der Waals surface area contributed by atoms with Gasteiger partial charge in [0.05, 0.1) is 4.90 Å². The number of oxime groups is 1. The van der Waals surface area contributed by atoms with Crippen molar-refractivity contribution in [2.24, 2.45) is 10.9 Å². The summed E-state index contributed by atoms with van der Waals surface area (Å²) >= 11 is 0.750. The molecule has 0 radical (unpaired) electrons. The van der Waals surface area contributed by atoms with Crippen molar-refractivity contribution >= 4 is 17.6 Å². The molecule has 2 rings (SSSR count). The molecule has 7 heteroatoms. The Labute approximate surface area is 116 Å². The van der Waals surface area contributed by atoms with Gasteiger partial charge < -0.3 is 10.9 Å². The number of hydrogen-bond donors (Lipinski definition) is 2. The molecule has 2 aromatic carbocycles. The fraction of sp³-hybridized carbons (Fsp3) is 0. The minimum absolute atomic E-state index is 0.0777. The largest absolute Gasteiger partial charge is 0.409 e. The third kappa shape index (κ3) is 3.05. The Balaban J connectivity index is 2.38. The van der Waals surface area contributed by atoms with Crippen LogP contribution in [0.15, 0.2) is 51.3 Å². The Kier molecular flexibility index (Phi) is 4.19. The van der Waals surface area contributed by atoms with Gasteiger partial charge in [0, 0.05) is 10.5 Å². The normalized spacial score (nSPS) is 11.7. The van der Waals surface area contributed by atoms with Crippen LogP contribution in [-0.2, 0) is 0 Å². The van der Waals surface area contributed by atoms with Gasteiger partial charge in [-0.2, -0.15) is 0 Å². The lowest BCUT2D eigenvalue weighted by atomic mass is 10.2. The van der Waals surface area contributed by atoms with Gasteiger partial charge in [0.25, 0.3) is 0 Å². The summed E-state index contributed by atoms with van der Waals surface area (Å²) in [6, 6.07) is 7.27. The van der Waals surface area contributed by atoms with E-state index in [0.717, 1.165) is 23.9 Å². The topological polar surface area (TPSA) is 58.6 Å². The maximum absolute atomic E-state index is 13.8. The Bertz CT molecular complexity index is 653. The van der Waals surface area contributed by atoms with E-state index in [9.17, 15) is 13.2 Å². The Hall–Kier alpha value is -2.15. The van der Waals surface area contributed by atoms with E-state index in [-0.39, 0.29) is 10.5 Å². The minimum atomic E-state index is -0.874. The van der Waals surface area contributed by atoms with Crippen LogP contribution in [0.2, 0.25) is 0 Å². The van der Waals surface area contributed by atoms with Gasteiger partial charge >= 0.3 is 0 Å². The SMILES string of the molecule is N/C(=N/O)c1cc(F)c(Sc2cccc(F)c2)c(F)c1. The van der Waals surface area contributed by atoms with Crippen molar-refractivity contribution in [1.29, 1.82) is 0 Å². The Morgan fingerprint density at radius 1 is 1.10 bits per heavy atom. The summed E-state index contributed by atoms with van der Waals surface area (Å²) in [7, 11) is 0. The van der Waals surface area contributed by atoms with Crippen LogP contribution in [0.25, 0.3) is 0 Å². The van der Waals surface area contributed by atoms with Crippen LogP contribution in [-0.4, -0.2) is 11.0 Å². The van der Waals surface area contributed by atoms with E-state index in [0.29, 0.717) is 4.90 Å². The summed E-state index contributed by atoms with van der Waals surface area (Å²) in [4.78, 5) is 0.0736. The molecule has 0 saturated carbocycles. The average molecular weight is 298 g/mol. The highest BCUT2D eigenvalue weighted by Gasteiger charge is 2.14. The smallest absolute Gasteiger partial charge is 0.170 e. The molecule has 104 valence electrons. The van der Waals surface area contributed by atoms with Gasteiger partial charge in [0.15, 0.2) is 5.84 Å². The summed E-state index contributed by atoms with van der Waals surface area (Å²) in [5.74, 6) is -2.64. The Morgan fingerprint density at radius 2 is 1.75 bits per heavy atom. The van der Waals surface area contributed by atoms with E-state index in [1.807, 2.05) is 0 Å². The molecule has 0 amide bonds. The second-order valence-electron chi connectivity index (χ2n) is 3.81. The second kappa shape index (κ2) is 5.87. The quantitative estimate of drug-likeness (QED) is 0.395. The molecule has 0 saturated heterocycles. The molecular weight excluding hydrogens is 289 g/mol. The molecule has 0 aromatic heterocycles. The number of benzene rings is 2. The summed E-state index contributed by atoms with van der Waals surface area (Å²) in [5, 5.41) is 11.1. The van der Waals surface area contributed by atoms with Crippen LogP contribution in [0.4, 0.5) is 13.2 Å². The first kappa shape index (κ1) is 14.3. The van der Waals surface area contributed by atoms with Crippen LogP contribution in [0.3, 0.4) is 0 Å². The zero-order valence-corrected chi connectivity index (χ0v) is 10.8. The van der Waals surface area contributed by atoms with E-state index in [4.69, 9.17) is 10.9 Å². The molecule has 0 fully saturated rings. The van der Waals surface area contributed by atoms with Crippen LogP contribution in [0.5, 0.6) is 0 Å². The second-order valence-corrected chi connectivity index (χ2v) is 4.90. The van der Waals surface area contributed by atoms with Crippen molar-refractivity contribution in [3.8, 4) is 0 Å². The van der Waals surface area contributed by atoms with Gasteiger partial charge in [-0.25, -0.2) is 13.2 Å². The third-order valence-electron chi connectivity index (χ3n) is 2.42. The van der Waals surface area contributed by atoms with Crippen molar-refractivity contribution in [3.05, 3.63) is 59.4 Å². The lowest BCUT2D eigenvalue weighted by molar-refractivity contribution is 0.318. The highest BCUT2D eigenvalue weighted by Crippen LogP contribution is 2.32. The first-order valence-corrected chi connectivity index (χ1v) is 6.23. The molecular formula is C13H9F3N2OS. The number of hydrogen-bond acceptors (Lipinski definition) is 3. The molecule has 3 N–H and O–H groups in total. The summed E-state index contributed by atoms with van der Waals surface area (Å²) in [5.41, 5.74) is 5.19. The van der Waals surface area contributed by atoms with Crippen molar-refractivity contribution in [2.45, 2.75) is 9.79 Å².